The molecule has 0 amide bonds. The number of anilines is 3. The zero-order valence-electron chi connectivity index (χ0n) is 46.3. The maximum absolute atomic E-state index is 2.53. The summed E-state index contributed by atoms with van der Waals surface area (Å²) >= 11 is 0. The number of benzene rings is 11. The fourth-order valence-electron chi connectivity index (χ4n) is 15.0. The summed E-state index contributed by atoms with van der Waals surface area (Å²) in [4.78, 5) is 2.37. The summed E-state index contributed by atoms with van der Waals surface area (Å²) < 4.78 is 2.53. The van der Waals surface area contributed by atoms with Gasteiger partial charge in [-0.05, 0) is 163 Å². The Bertz CT molecular complexity index is 4560. The fourth-order valence-corrected chi connectivity index (χ4v) is 15.0. The van der Waals surface area contributed by atoms with Gasteiger partial charge < -0.3 is 9.47 Å². The number of nitrogens with zero attached hydrogens (tertiary/aromatic N) is 2. The van der Waals surface area contributed by atoms with Crippen LogP contribution in [0.25, 0.3) is 73.8 Å². The normalized spacial score (nSPS) is 14.6. The van der Waals surface area contributed by atoms with Crippen LogP contribution in [0.3, 0.4) is 0 Å². The summed E-state index contributed by atoms with van der Waals surface area (Å²) in [6, 6.07) is 100. The first-order chi connectivity index (χ1) is 41.2. The molecule has 1 heterocycles. The largest absolute Gasteiger partial charge is 0.311 e. The van der Waals surface area contributed by atoms with E-state index in [0.29, 0.717) is 0 Å². The summed E-state index contributed by atoms with van der Waals surface area (Å²) in [5.74, 6) is 0. The molecule has 0 saturated carbocycles. The molecule has 0 N–H and O–H groups in total. The number of hydrogen-bond donors (Lipinski definition) is 0. The Hall–Kier alpha value is -10.3. The maximum Gasteiger partial charge on any atom is 0.0720 e. The van der Waals surface area contributed by atoms with E-state index < -0.39 is 10.8 Å². The van der Waals surface area contributed by atoms with E-state index in [2.05, 4.69) is 326 Å². The van der Waals surface area contributed by atoms with Crippen LogP contribution in [0.4, 0.5) is 17.1 Å². The molecular weight excluding hydrogens is 1000 g/mol. The molecule has 2 heteroatoms. The van der Waals surface area contributed by atoms with Crippen molar-refractivity contribution in [2.24, 2.45) is 0 Å². The summed E-state index contributed by atoms with van der Waals surface area (Å²) in [5, 5.41) is 1.20. The molecule has 0 aliphatic heterocycles. The van der Waals surface area contributed by atoms with Gasteiger partial charge >= 0.3 is 0 Å². The Kier molecular flexibility index (Phi) is 11.4. The van der Waals surface area contributed by atoms with Crippen LogP contribution in [0.1, 0.15) is 86.7 Å². The maximum atomic E-state index is 2.53. The zero-order chi connectivity index (χ0) is 55.1. The molecule has 12 aromatic rings. The van der Waals surface area contributed by atoms with Gasteiger partial charge in [-0.15, -0.1) is 0 Å². The van der Waals surface area contributed by atoms with Gasteiger partial charge in [0.05, 0.1) is 27.7 Å². The van der Waals surface area contributed by atoms with Gasteiger partial charge in [0.2, 0.25) is 0 Å². The van der Waals surface area contributed by atoms with Crippen LogP contribution < -0.4 is 4.90 Å². The predicted molar refractivity (Wildman–Crippen MR) is 348 cm³/mol. The van der Waals surface area contributed by atoms with E-state index in [1.54, 1.807) is 0 Å². The molecule has 11 aromatic carbocycles. The molecular formula is C81H58N2. The van der Waals surface area contributed by atoms with Crippen LogP contribution >= 0.6 is 0 Å². The van der Waals surface area contributed by atoms with Gasteiger partial charge in [0.25, 0.3) is 0 Å². The van der Waals surface area contributed by atoms with Crippen molar-refractivity contribution >= 4 is 51.8 Å². The molecule has 2 nitrogen and oxygen atoms in total. The number of aromatic nitrogens is 1. The van der Waals surface area contributed by atoms with E-state index in [-0.39, 0.29) is 0 Å². The van der Waals surface area contributed by atoms with Crippen molar-refractivity contribution in [3.05, 3.63) is 358 Å². The zero-order valence-corrected chi connectivity index (χ0v) is 46.3. The Morgan fingerprint density at radius 2 is 0.880 bits per heavy atom. The Labute approximate surface area is 486 Å². The summed E-state index contributed by atoms with van der Waals surface area (Å²) in [7, 11) is 0. The van der Waals surface area contributed by atoms with Crippen molar-refractivity contribution in [2.45, 2.75) is 30.6 Å². The lowest BCUT2D eigenvalue weighted by molar-refractivity contribution is 0.633. The molecule has 0 saturated heterocycles. The van der Waals surface area contributed by atoms with Gasteiger partial charge in [0, 0.05) is 33.6 Å². The lowest BCUT2D eigenvalue weighted by atomic mass is 9.52. The van der Waals surface area contributed by atoms with E-state index >= 15 is 0 Å². The molecule has 2 spiro atoms. The highest BCUT2D eigenvalue weighted by molar-refractivity contribution is 6.01. The number of para-hydroxylation sites is 1. The number of allylic oxidation sites excluding steroid dienone is 5. The van der Waals surface area contributed by atoms with Crippen molar-refractivity contribution in [3.8, 4) is 39.1 Å². The molecule has 4 aliphatic rings. The van der Waals surface area contributed by atoms with Crippen molar-refractivity contribution in [2.75, 3.05) is 4.90 Å². The third kappa shape index (κ3) is 7.22. The van der Waals surface area contributed by atoms with Crippen LogP contribution in [0.2, 0.25) is 0 Å². The first kappa shape index (κ1) is 48.6. The summed E-state index contributed by atoms with van der Waals surface area (Å²) in [5.41, 5.74) is 28.9. The molecule has 4 aliphatic carbocycles. The second kappa shape index (κ2) is 19.5. The van der Waals surface area contributed by atoms with Crippen LogP contribution in [-0.4, -0.2) is 4.57 Å². The lowest BCUT2D eigenvalue weighted by Gasteiger charge is -2.48. The minimum Gasteiger partial charge on any atom is -0.311 e. The van der Waals surface area contributed by atoms with Crippen LogP contribution in [0.15, 0.2) is 291 Å². The Balaban J connectivity index is 0.826. The third-order valence-corrected chi connectivity index (χ3v) is 18.3. The highest BCUT2D eigenvalue weighted by Crippen LogP contribution is 2.68. The SMILES string of the molecule is C/C=C\c1c(/C=C/c2ccc(N(c3ccc(C4=CC=CCC4)cc3)c3ccc(-c4ccccc4)cc3)cc2)c2ccccc2n1-c1cccc2c1-c1ccccc1C21c2ccccc2C2(c3ccccc3-c3ccccc32)c2ccccc21. The molecule has 0 radical (unpaired) electrons. The van der Waals surface area contributed by atoms with E-state index in [1.807, 2.05) is 0 Å². The highest BCUT2D eigenvalue weighted by atomic mass is 15.1. The second-order valence-electron chi connectivity index (χ2n) is 22.5. The second-order valence-corrected chi connectivity index (χ2v) is 22.5. The average molecular weight is 1060 g/mol. The molecule has 83 heavy (non-hydrogen) atoms. The topological polar surface area (TPSA) is 8.17 Å². The van der Waals surface area contributed by atoms with Crippen LogP contribution in [-0.2, 0) is 10.8 Å². The highest BCUT2D eigenvalue weighted by Gasteiger charge is 2.59. The van der Waals surface area contributed by atoms with Crippen molar-refractivity contribution in [3.63, 3.8) is 0 Å². The third-order valence-electron chi connectivity index (χ3n) is 18.3. The number of hydrogen-bond acceptors (Lipinski definition) is 1. The van der Waals surface area contributed by atoms with Gasteiger partial charge in [0.15, 0.2) is 0 Å². The Morgan fingerprint density at radius 3 is 1.47 bits per heavy atom. The van der Waals surface area contributed by atoms with Crippen molar-refractivity contribution in [1.82, 2.24) is 4.57 Å². The smallest absolute Gasteiger partial charge is 0.0720 e. The molecule has 392 valence electrons. The van der Waals surface area contributed by atoms with Gasteiger partial charge in [-0.1, -0.05) is 255 Å². The van der Waals surface area contributed by atoms with Crippen LogP contribution in [0.5, 0.6) is 0 Å². The monoisotopic (exact) mass is 1060 g/mol. The lowest BCUT2D eigenvalue weighted by Crippen LogP contribution is -2.43. The van der Waals surface area contributed by atoms with Gasteiger partial charge in [-0.2, -0.15) is 0 Å². The van der Waals surface area contributed by atoms with Crippen molar-refractivity contribution < 1.29 is 0 Å². The Morgan fingerprint density at radius 1 is 0.398 bits per heavy atom. The van der Waals surface area contributed by atoms with Crippen LogP contribution in [0, 0.1) is 0 Å². The standard InChI is InChI=1S/C81H58N2/c1-2-22-76-66(54-43-55-41-48-60(49-42-55)82(61-50-44-58(45-51-61)56-23-5-3-6-24-56)62-52-46-59(47-53-62)57-25-7-4-8-26-57)65-29-12-20-39-77(65)83(76)78-40-21-38-75-79(78)67-30-11-15-33-70(67)81(75)73-36-18-16-34-71(73)80(72-35-17-19-37-74(72)81)68-31-13-9-27-63(68)64-28-10-14-32-69(64)80/h2-7,9-25,27-54H,8,26H2,1H3/b22-2-,54-43+. The number of fused-ring (bicyclic) bond motifs is 17. The van der Waals surface area contributed by atoms with E-state index in [1.165, 1.54) is 111 Å². The minimum absolute atomic E-state index is 0.496. The molecule has 0 fully saturated rings. The first-order valence-electron chi connectivity index (χ1n) is 29.3. The van der Waals surface area contributed by atoms with Crippen molar-refractivity contribution in [1.29, 1.82) is 0 Å². The summed E-state index contributed by atoms with van der Waals surface area (Å²) in [6.45, 7) is 2.14. The molecule has 0 bridgehead atoms. The molecule has 0 atom stereocenters. The number of rotatable bonds is 9. The first-order valence-corrected chi connectivity index (χ1v) is 29.3. The average Bonchev–Trinajstić information content (AvgIpc) is 2.30. The fraction of sp³-hybridized carbons (Fsp3) is 0.0617. The molecule has 0 unspecified atom stereocenters. The van der Waals surface area contributed by atoms with E-state index in [0.717, 1.165) is 41.2 Å². The van der Waals surface area contributed by atoms with E-state index in [9.17, 15) is 0 Å². The van der Waals surface area contributed by atoms with Gasteiger partial charge in [-0.3, -0.25) is 0 Å². The molecule has 16 rings (SSSR count). The minimum atomic E-state index is -0.597. The molecule has 1 aromatic heterocycles. The van der Waals surface area contributed by atoms with E-state index in [4.69, 9.17) is 0 Å². The van der Waals surface area contributed by atoms with Gasteiger partial charge in [-0.25, -0.2) is 0 Å². The summed E-state index contributed by atoms with van der Waals surface area (Å²) in [6.07, 6.45) is 17.9. The quantitative estimate of drug-likeness (QED) is 0.140. The predicted octanol–water partition coefficient (Wildman–Crippen LogP) is 20.7. The van der Waals surface area contributed by atoms with Gasteiger partial charge in [0.1, 0.15) is 0 Å².